The molecule has 0 aliphatic heterocycles. The number of benzene rings is 2. The quantitative estimate of drug-likeness (QED) is 0.555. The van der Waals surface area contributed by atoms with Gasteiger partial charge in [0.05, 0.1) is 33.1 Å². The second-order valence-electron chi connectivity index (χ2n) is 5.34. The summed E-state index contributed by atoms with van der Waals surface area (Å²) in [6.45, 7) is 0. The minimum Gasteiger partial charge on any atom is -0.495 e. The summed E-state index contributed by atoms with van der Waals surface area (Å²) < 4.78 is 20.5. The lowest BCUT2D eigenvalue weighted by Gasteiger charge is -2.12. The Kier molecular flexibility index (Phi) is 4.79. The summed E-state index contributed by atoms with van der Waals surface area (Å²) in [4.78, 5) is 23.5. The predicted molar refractivity (Wildman–Crippen MR) is 96.0 cm³/mol. The molecule has 0 aliphatic carbocycles. The highest BCUT2D eigenvalue weighted by Gasteiger charge is 2.17. The van der Waals surface area contributed by atoms with E-state index in [0.717, 1.165) is 22.4 Å². The maximum Gasteiger partial charge on any atom is 0.354 e. The number of methoxy groups -OCH3 is 3. The van der Waals surface area contributed by atoms with Crippen LogP contribution in [0.4, 0.5) is 5.69 Å². The number of carbonyl (C=O) groups is 2. The molecule has 0 atom stereocenters. The van der Waals surface area contributed by atoms with Crippen molar-refractivity contribution in [3.63, 3.8) is 0 Å². The molecule has 0 unspecified atom stereocenters. The number of anilines is 1. The van der Waals surface area contributed by atoms with Gasteiger partial charge in [-0.15, -0.1) is 0 Å². The molecule has 7 nitrogen and oxygen atoms in total. The average Bonchev–Trinajstić information content (AvgIpc) is 3.03. The number of rotatable bonds is 5. The average molecular weight is 355 g/mol. The normalized spacial score (nSPS) is 11.4. The van der Waals surface area contributed by atoms with Gasteiger partial charge in [-0.3, -0.25) is 0 Å². The molecule has 1 heterocycles. The first-order chi connectivity index (χ1) is 12.6. The highest BCUT2D eigenvalue weighted by Crippen LogP contribution is 2.36. The SMILES string of the molecule is COC(=O)/C=C(/Nc1cc2oc3ccccc3c2cc1OC)C(=O)OC. The molecule has 0 aliphatic rings. The van der Waals surface area contributed by atoms with Crippen LogP contribution in [0.25, 0.3) is 21.9 Å². The maximum absolute atomic E-state index is 11.9. The summed E-state index contributed by atoms with van der Waals surface area (Å²) in [6, 6.07) is 11.1. The van der Waals surface area contributed by atoms with Crippen LogP contribution in [0, 0.1) is 0 Å². The summed E-state index contributed by atoms with van der Waals surface area (Å²) in [5.41, 5.74) is 1.70. The Morgan fingerprint density at radius 1 is 1.00 bits per heavy atom. The zero-order chi connectivity index (χ0) is 18.7. The van der Waals surface area contributed by atoms with Gasteiger partial charge >= 0.3 is 11.9 Å². The molecule has 26 heavy (non-hydrogen) atoms. The molecule has 0 saturated carbocycles. The van der Waals surface area contributed by atoms with E-state index in [1.165, 1.54) is 21.3 Å². The Morgan fingerprint density at radius 2 is 1.77 bits per heavy atom. The van der Waals surface area contributed by atoms with E-state index < -0.39 is 11.9 Å². The van der Waals surface area contributed by atoms with Crippen LogP contribution in [0.3, 0.4) is 0 Å². The fourth-order valence-corrected chi connectivity index (χ4v) is 2.60. The van der Waals surface area contributed by atoms with Gasteiger partial charge in [0.1, 0.15) is 22.6 Å². The molecule has 3 aromatic rings. The van der Waals surface area contributed by atoms with Gasteiger partial charge < -0.3 is 23.9 Å². The lowest BCUT2D eigenvalue weighted by Crippen LogP contribution is -2.15. The predicted octanol–water partition coefficient (Wildman–Crippen LogP) is 3.24. The largest absolute Gasteiger partial charge is 0.495 e. The number of carbonyl (C=O) groups excluding carboxylic acids is 2. The van der Waals surface area contributed by atoms with E-state index in [1.54, 1.807) is 12.1 Å². The molecule has 2 aromatic carbocycles. The van der Waals surface area contributed by atoms with Gasteiger partial charge in [0.2, 0.25) is 0 Å². The topological polar surface area (TPSA) is 87.0 Å². The van der Waals surface area contributed by atoms with E-state index in [2.05, 4.69) is 10.1 Å². The second kappa shape index (κ2) is 7.18. The number of nitrogens with one attached hydrogen (secondary N) is 1. The van der Waals surface area contributed by atoms with Crippen LogP contribution in [-0.4, -0.2) is 33.3 Å². The number of hydrogen-bond acceptors (Lipinski definition) is 7. The summed E-state index contributed by atoms with van der Waals surface area (Å²) >= 11 is 0. The minimum absolute atomic E-state index is 0.0897. The number of fused-ring (bicyclic) bond motifs is 3. The summed E-state index contributed by atoms with van der Waals surface area (Å²) in [6.07, 6.45) is 1.01. The van der Waals surface area contributed by atoms with Crippen molar-refractivity contribution in [3.05, 3.63) is 48.2 Å². The van der Waals surface area contributed by atoms with Crippen LogP contribution < -0.4 is 10.1 Å². The van der Waals surface area contributed by atoms with Gasteiger partial charge in [0.25, 0.3) is 0 Å². The van der Waals surface area contributed by atoms with Crippen molar-refractivity contribution < 1.29 is 28.2 Å². The van der Waals surface area contributed by atoms with Crippen LogP contribution in [0.15, 0.2) is 52.6 Å². The van der Waals surface area contributed by atoms with Gasteiger partial charge in [-0.25, -0.2) is 9.59 Å². The number of esters is 2. The Morgan fingerprint density at radius 3 is 2.46 bits per heavy atom. The molecule has 1 N–H and O–H groups in total. The van der Waals surface area contributed by atoms with Crippen molar-refractivity contribution in [2.45, 2.75) is 0 Å². The van der Waals surface area contributed by atoms with Crippen LogP contribution in [-0.2, 0) is 19.1 Å². The standard InChI is InChI=1S/C19H17NO6/c1-23-17-8-12-11-6-4-5-7-15(11)26-16(12)9-13(17)20-14(19(22)25-3)10-18(21)24-2/h4-10,20H,1-3H3/b14-10+. The summed E-state index contributed by atoms with van der Waals surface area (Å²) in [5.74, 6) is -0.937. The highest BCUT2D eigenvalue weighted by molar-refractivity contribution is 6.07. The molecular formula is C19H17NO6. The van der Waals surface area contributed by atoms with Crippen molar-refractivity contribution in [2.24, 2.45) is 0 Å². The molecule has 0 spiro atoms. The Hall–Kier alpha value is -3.48. The van der Waals surface area contributed by atoms with Crippen LogP contribution >= 0.6 is 0 Å². The first-order valence-electron chi connectivity index (χ1n) is 7.71. The van der Waals surface area contributed by atoms with E-state index in [0.29, 0.717) is 17.0 Å². The van der Waals surface area contributed by atoms with E-state index in [9.17, 15) is 9.59 Å². The number of para-hydroxylation sites is 1. The zero-order valence-electron chi connectivity index (χ0n) is 14.5. The third-order valence-corrected chi connectivity index (χ3v) is 3.84. The molecule has 0 amide bonds. The van der Waals surface area contributed by atoms with Crippen LogP contribution in [0.1, 0.15) is 0 Å². The lowest BCUT2D eigenvalue weighted by molar-refractivity contribution is -0.138. The van der Waals surface area contributed by atoms with Crippen molar-refractivity contribution >= 4 is 39.6 Å². The third kappa shape index (κ3) is 3.19. The molecule has 134 valence electrons. The molecule has 1 aromatic heterocycles. The van der Waals surface area contributed by atoms with Crippen LogP contribution in [0.2, 0.25) is 0 Å². The number of hydrogen-bond donors (Lipinski definition) is 1. The van der Waals surface area contributed by atoms with Crippen molar-refractivity contribution in [2.75, 3.05) is 26.6 Å². The fraction of sp³-hybridized carbons (Fsp3) is 0.158. The van der Waals surface area contributed by atoms with Crippen LogP contribution in [0.5, 0.6) is 5.75 Å². The van der Waals surface area contributed by atoms with Crippen molar-refractivity contribution in [1.82, 2.24) is 0 Å². The maximum atomic E-state index is 11.9. The monoisotopic (exact) mass is 355 g/mol. The molecule has 0 bridgehead atoms. The van der Waals surface area contributed by atoms with E-state index >= 15 is 0 Å². The first kappa shape index (κ1) is 17.3. The Labute approximate surface area is 149 Å². The van der Waals surface area contributed by atoms with Gasteiger partial charge in [0, 0.05) is 16.8 Å². The smallest absolute Gasteiger partial charge is 0.354 e. The summed E-state index contributed by atoms with van der Waals surface area (Å²) in [5, 5.41) is 4.68. The van der Waals surface area contributed by atoms with Gasteiger partial charge in [-0.05, 0) is 12.1 Å². The molecule has 0 radical (unpaired) electrons. The Balaban J connectivity index is 2.10. The highest BCUT2D eigenvalue weighted by atomic mass is 16.5. The molecular weight excluding hydrogens is 338 g/mol. The van der Waals surface area contributed by atoms with Crippen molar-refractivity contribution in [3.8, 4) is 5.75 Å². The fourth-order valence-electron chi connectivity index (χ4n) is 2.60. The molecule has 3 rings (SSSR count). The van der Waals surface area contributed by atoms with E-state index in [-0.39, 0.29) is 5.70 Å². The van der Waals surface area contributed by atoms with Gasteiger partial charge in [0.15, 0.2) is 0 Å². The van der Waals surface area contributed by atoms with E-state index in [4.69, 9.17) is 13.9 Å². The van der Waals surface area contributed by atoms with Gasteiger partial charge in [-0.2, -0.15) is 0 Å². The van der Waals surface area contributed by atoms with E-state index in [1.807, 2.05) is 24.3 Å². The molecule has 7 heteroatoms. The lowest BCUT2D eigenvalue weighted by atomic mass is 10.1. The number of furan rings is 1. The minimum atomic E-state index is -0.720. The molecule has 0 fully saturated rings. The summed E-state index contributed by atoms with van der Waals surface area (Å²) in [7, 11) is 3.94. The molecule has 0 saturated heterocycles. The number of ether oxygens (including phenoxy) is 3. The Bertz CT molecular complexity index is 1020. The van der Waals surface area contributed by atoms with Gasteiger partial charge in [-0.1, -0.05) is 18.2 Å². The first-order valence-corrected chi connectivity index (χ1v) is 7.71. The second-order valence-corrected chi connectivity index (χ2v) is 5.34. The zero-order valence-corrected chi connectivity index (χ0v) is 14.5. The van der Waals surface area contributed by atoms with Crippen molar-refractivity contribution in [1.29, 1.82) is 0 Å². The third-order valence-electron chi connectivity index (χ3n) is 3.84.